The van der Waals surface area contributed by atoms with Crippen molar-refractivity contribution in [2.45, 2.75) is 19.4 Å². The fourth-order valence-electron chi connectivity index (χ4n) is 1.49. The van der Waals surface area contributed by atoms with Crippen molar-refractivity contribution in [3.8, 4) is 0 Å². The molecular weight excluding hydrogens is 249 g/mol. The Morgan fingerprint density at radius 1 is 1.53 bits per heavy atom. The highest BCUT2D eigenvalue weighted by atomic mass is 35.5. The summed E-state index contributed by atoms with van der Waals surface area (Å²) in [4.78, 5) is 21.6. The molecule has 0 heterocycles. The van der Waals surface area contributed by atoms with Crippen LogP contribution in [0.2, 0.25) is 5.02 Å². The number of carbonyl (C=O) groups is 2. The summed E-state index contributed by atoms with van der Waals surface area (Å²) >= 11 is 5.81. The van der Waals surface area contributed by atoms with Gasteiger partial charge in [0.2, 0.25) is 5.91 Å². The molecule has 0 aliphatic heterocycles. The molecule has 0 saturated heterocycles. The number of rotatable bonds is 4. The van der Waals surface area contributed by atoms with Gasteiger partial charge in [-0.3, -0.25) is 9.59 Å². The Labute approximate surface area is 102 Å². The lowest BCUT2D eigenvalue weighted by Crippen LogP contribution is -2.29. The molecule has 0 fully saturated rings. The number of hydrogen-bond donors (Lipinski definition) is 2. The van der Waals surface area contributed by atoms with Crippen molar-refractivity contribution in [2.24, 2.45) is 0 Å². The molecule has 0 aliphatic rings. The van der Waals surface area contributed by atoms with Gasteiger partial charge in [0, 0.05) is 17.5 Å². The molecule has 0 radical (unpaired) electrons. The van der Waals surface area contributed by atoms with Crippen LogP contribution in [-0.2, 0) is 9.59 Å². The van der Waals surface area contributed by atoms with E-state index in [1.54, 1.807) is 0 Å². The third-order valence-corrected chi connectivity index (χ3v) is 2.43. The van der Waals surface area contributed by atoms with Gasteiger partial charge in [0.25, 0.3) is 0 Å². The Morgan fingerprint density at radius 3 is 2.65 bits per heavy atom. The molecule has 1 amide bonds. The number of hydrogen-bond acceptors (Lipinski definition) is 2. The van der Waals surface area contributed by atoms with Crippen LogP contribution in [0.15, 0.2) is 18.2 Å². The van der Waals surface area contributed by atoms with Crippen molar-refractivity contribution >= 4 is 23.5 Å². The van der Waals surface area contributed by atoms with Crippen LogP contribution >= 0.6 is 11.6 Å². The van der Waals surface area contributed by atoms with Crippen molar-refractivity contribution < 1.29 is 19.1 Å². The number of carbonyl (C=O) groups excluding carboxylic acids is 1. The third kappa shape index (κ3) is 3.71. The molecular formula is C11H11ClFNO3. The minimum atomic E-state index is -1.15. The highest BCUT2D eigenvalue weighted by Gasteiger charge is 2.22. The Balaban J connectivity index is 3.11. The van der Waals surface area contributed by atoms with Crippen LogP contribution in [0.25, 0.3) is 0 Å². The summed E-state index contributed by atoms with van der Waals surface area (Å²) in [6, 6.07) is 3.04. The fraction of sp³-hybridized carbons (Fsp3) is 0.273. The molecule has 1 aromatic carbocycles. The molecule has 0 spiro atoms. The average molecular weight is 260 g/mol. The van der Waals surface area contributed by atoms with E-state index >= 15 is 0 Å². The maximum absolute atomic E-state index is 13.6. The number of carboxylic acid groups (broad SMARTS) is 1. The molecule has 0 aliphatic carbocycles. The zero-order valence-corrected chi connectivity index (χ0v) is 9.79. The van der Waals surface area contributed by atoms with Gasteiger partial charge < -0.3 is 10.4 Å². The number of amides is 1. The van der Waals surface area contributed by atoms with Crippen molar-refractivity contribution in [3.05, 3.63) is 34.6 Å². The second kappa shape index (κ2) is 5.63. The highest BCUT2D eigenvalue weighted by Crippen LogP contribution is 2.27. The topological polar surface area (TPSA) is 66.4 Å². The van der Waals surface area contributed by atoms with Gasteiger partial charge in [0.05, 0.1) is 12.5 Å². The second-order valence-corrected chi connectivity index (χ2v) is 3.89. The first-order chi connectivity index (χ1) is 7.91. The minimum absolute atomic E-state index is 0.00762. The maximum Gasteiger partial charge on any atom is 0.305 e. The van der Waals surface area contributed by atoms with Gasteiger partial charge in [0.15, 0.2) is 0 Å². The minimum Gasteiger partial charge on any atom is -0.481 e. The van der Waals surface area contributed by atoms with Crippen LogP contribution in [0.4, 0.5) is 4.39 Å². The zero-order chi connectivity index (χ0) is 13.0. The lowest BCUT2D eigenvalue weighted by atomic mass is 10.0. The Kier molecular flexibility index (Phi) is 4.45. The lowest BCUT2D eigenvalue weighted by Gasteiger charge is -2.18. The van der Waals surface area contributed by atoms with Crippen molar-refractivity contribution in [1.29, 1.82) is 0 Å². The summed E-state index contributed by atoms with van der Waals surface area (Å²) < 4.78 is 13.6. The first-order valence-electron chi connectivity index (χ1n) is 4.84. The van der Waals surface area contributed by atoms with Gasteiger partial charge in [-0.1, -0.05) is 17.7 Å². The van der Waals surface area contributed by atoms with E-state index in [2.05, 4.69) is 5.32 Å². The summed E-state index contributed by atoms with van der Waals surface area (Å²) in [7, 11) is 0. The highest BCUT2D eigenvalue weighted by molar-refractivity contribution is 6.31. The van der Waals surface area contributed by atoms with E-state index in [4.69, 9.17) is 16.7 Å². The lowest BCUT2D eigenvalue weighted by molar-refractivity contribution is -0.137. The van der Waals surface area contributed by atoms with Crippen LogP contribution in [0.1, 0.15) is 24.9 Å². The first-order valence-corrected chi connectivity index (χ1v) is 5.22. The van der Waals surface area contributed by atoms with Crippen molar-refractivity contribution in [2.75, 3.05) is 0 Å². The summed E-state index contributed by atoms with van der Waals surface area (Å²) in [5.74, 6) is -2.24. The number of halogens is 2. The van der Waals surface area contributed by atoms with E-state index in [-0.39, 0.29) is 10.6 Å². The van der Waals surface area contributed by atoms with Crippen LogP contribution < -0.4 is 5.32 Å². The van der Waals surface area contributed by atoms with E-state index in [1.165, 1.54) is 19.1 Å². The second-order valence-electron chi connectivity index (χ2n) is 3.49. The average Bonchev–Trinajstić information content (AvgIpc) is 2.14. The van der Waals surface area contributed by atoms with Crippen LogP contribution in [0.5, 0.6) is 0 Å². The largest absolute Gasteiger partial charge is 0.481 e. The van der Waals surface area contributed by atoms with Crippen LogP contribution in [-0.4, -0.2) is 17.0 Å². The van der Waals surface area contributed by atoms with Gasteiger partial charge in [-0.25, -0.2) is 4.39 Å². The van der Waals surface area contributed by atoms with Crippen LogP contribution in [0.3, 0.4) is 0 Å². The smallest absolute Gasteiger partial charge is 0.305 e. The molecule has 1 rings (SSSR count). The van der Waals surface area contributed by atoms with Crippen molar-refractivity contribution in [1.82, 2.24) is 5.32 Å². The molecule has 17 heavy (non-hydrogen) atoms. The molecule has 1 atom stereocenters. The summed E-state index contributed by atoms with van der Waals surface area (Å²) in [5, 5.41) is 11.2. The predicted octanol–water partition coefficient (Wildman–Crippen LogP) is 2.13. The normalized spacial score (nSPS) is 11.9. The summed E-state index contributed by atoms with van der Waals surface area (Å²) in [6.07, 6.45) is -0.430. The molecule has 0 saturated carbocycles. The third-order valence-electron chi connectivity index (χ3n) is 2.10. The zero-order valence-electron chi connectivity index (χ0n) is 9.04. The predicted molar refractivity (Wildman–Crippen MR) is 60.2 cm³/mol. The Morgan fingerprint density at radius 2 is 2.18 bits per heavy atom. The van der Waals surface area contributed by atoms with Crippen LogP contribution in [0, 0.1) is 5.82 Å². The summed E-state index contributed by atoms with van der Waals surface area (Å²) in [5.41, 5.74) is -0.00762. The van der Waals surface area contributed by atoms with Gasteiger partial charge >= 0.3 is 5.97 Å². The van der Waals surface area contributed by atoms with E-state index in [0.29, 0.717) is 0 Å². The molecule has 2 N–H and O–H groups in total. The molecule has 4 nitrogen and oxygen atoms in total. The molecule has 6 heteroatoms. The van der Waals surface area contributed by atoms with Gasteiger partial charge in [0.1, 0.15) is 5.82 Å². The molecule has 92 valence electrons. The van der Waals surface area contributed by atoms with E-state index in [9.17, 15) is 14.0 Å². The van der Waals surface area contributed by atoms with Gasteiger partial charge in [-0.2, -0.15) is 0 Å². The number of aliphatic carboxylic acids is 1. The molecule has 0 bridgehead atoms. The number of carboxylic acids is 1. The standard InChI is InChI=1S/C11H11ClFNO3/c1-6(15)14-9(5-10(16)17)11-7(12)3-2-4-8(11)13/h2-4,9H,5H2,1H3,(H,14,15)(H,16,17)/t9-/m1/s1. The maximum atomic E-state index is 13.6. The monoisotopic (exact) mass is 259 g/mol. The molecule has 1 aromatic rings. The van der Waals surface area contributed by atoms with E-state index in [1.807, 2.05) is 0 Å². The van der Waals surface area contributed by atoms with E-state index in [0.717, 1.165) is 6.07 Å². The SMILES string of the molecule is CC(=O)N[C@H](CC(=O)O)c1c(F)cccc1Cl. The van der Waals surface area contributed by atoms with Crippen molar-refractivity contribution in [3.63, 3.8) is 0 Å². The molecule has 0 aromatic heterocycles. The van der Waals surface area contributed by atoms with Gasteiger partial charge in [-0.05, 0) is 12.1 Å². The summed E-state index contributed by atoms with van der Waals surface area (Å²) in [6.45, 7) is 1.23. The Bertz CT molecular complexity index is 414. The quantitative estimate of drug-likeness (QED) is 0.870. The van der Waals surface area contributed by atoms with Gasteiger partial charge in [-0.15, -0.1) is 0 Å². The first kappa shape index (κ1) is 13.4. The number of benzene rings is 1. The number of nitrogens with one attached hydrogen (secondary N) is 1. The fourth-order valence-corrected chi connectivity index (χ4v) is 1.78. The molecule has 0 unspecified atom stereocenters. The Hall–Kier alpha value is -1.62. The van der Waals surface area contributed by atoms with E-state index < -0.39 is 30.2 Å².